The molecule has 0 radical (unpaired) electrons. The number of aromatic nitrogens is 2. The Morgan fingerprint density at radius 3 is 2.69 bits per heavy atom. The van der Waals surface area contributed by atoms with Crippen LogP contribution in [0.2, 0.25) is 0 Å². The molecule has 0 unspecified atom stereocenters. The summed E-state index contributed by atoms with van der Waals surface area (Å²) in [5.74, 6) is 0. The summed E-state index contributed by atoms with van der Waals surface area (Å²) in [5, 5.41) is 9.96. The molecule has 1 heterocycles. The quantitative estimate of drug-likeness (QED) is 0.688. The first-order valence-electron chi connectivity index (χ1n) is 4.04. The molecular weight excluding hydrogens is 180 g/mol. The molecule has 68 valence electrons. The van der Waals surface area contributed by atoms with E-state index in [0.29, 0.717) is 0 Å². The maximum Gasteiger partial charge on any atom is 0.147 e. The zero-order valence-corrected chi connectivity index (χ0v) is 8.64. The largest absolute Gasteiger partial charge is 0.147 e. The monoisotopic (exact) mass is 192 g/mol. The Morgan fingerprint density at radius 1 is 1.46 bits per heavy atom. The van der Waals surface area contributed by atoms with Crippen LogP contribution in [-0.2, 0) is 0 Å². The Labute approximate surface area is 82.3 Å². The van der Waals surface area contributed by atoms with Crippen molar-refractivity contribution < 1.29 is 0 Å². The van der Waals surface area contributed by atoms with Gasteiger partial charge in [0.15, 0.2) is 0 Å². The summed E-state index contributed by atoms with van der Waals surface area (Å²) in [5.41, 5.74) is 1.09. The van der Waals surface area contributed by atoms with Gasteiger partial charge in [0, 0.05) is 5.57 Å². The van der Waals surface area contributed by atoms with Crippen molar-refractivity contribution in [1.82, 2.24) is 10.2 Å². The highest BCUT2D eigenvalue weighted by molar-refractivity contribution is 7.12. The highest BCUT2D eigenvalue weighted by atomic mass is 32.1. The second-order valence-corrected chi connectivity index (χ2v) is 3.65. The summed E-state index contributed by atoms with van der Waals surface area (Å²) >= 11 is 1.59. The van der Waals surface area contributed by atoms with Gasteiger partial charge < -0.3 is 0 Å². The van der Waals surface area contributed by atoms with Crippen LogP contribution in [0.4, 0.5) is 0 Å². The first-order valence-corrected chi connectivity index (χ1v) is 4.85. The molecule has 0 atom stereocenters. The van der Waals surface area contributed by atoms with Crippen LogP contribution in [-0.4, -0.2) is 10.2 Å². The van der Waals surface area contributed by atoms with E-state index in [2.05, 4.69) is 16.8 Å². The summed E-state index contributed by atoms with van der Waals surface area (Å²) in [6.45, 7) is 7.55. The molecule has 0 saturated carbocycles. The standard InChI is InChI=1S/C10H12N2S/c1-4-6-7-9(5-2)10-12-11-8(3)13-10/h4-7H,1H2,2-3H3/b7-6-,9-5+. The van der Waals surface area contributed by atoms with Gasteiger partial charge in [-0.05, 0) is 13.8 Å². The van der Waals surface area contributed by atoms with Gasteiger partial charge in [-0.25, -0.2) is 0 Å². The van der Waals surface area contributed by atoms with E-state index in [9.17, 15) is 0 Å². The lowest BCUT2D eigenvalue weighted by atomic mass is 10.2. The fourth-order valence-electron chi connectivity index (χ4n) is 0.876. The minimum Gasteiger partial charge on any atom is -0.143 e. The minimum atomic E-state index is 0.957. The number of rotatable bonds is 3. The summed E-state index contributed by atoms with van der Waals surface area (Å²) in [7, 11) is 0. The van der Waals surface area contributed by atoms with Crippen molar-refractivity contribution in [2.45, 2.75) is 13.8 Å². The average molecular weight is 192 g/mol. The first-order chi connectivity index (χ1) is 6.27. The van der Waals surface area contributed by atoms with E-state index < -0.39 is 0 Å². The summed E-state index contributed by atoms with van der Waals surface area (Å²) in [6, 6.07) is 0. The molecule has 0 N–H and O–H groups in total. The van der Waals surface area contributed by atoms with Gasteiger partial charge in [0.05, 0.1) is 0 Å². The summed E-state index contributed by atoms with van der Waals surface area (Å²) < 4.78 is 0. The minimum absolute atomic E-state index is 0.957. The van der Waals surface area contributed by atoms with E-state index in [4.69, 9.17) is 0 Å². The molecule has 13 heavy (non-hydrogen) atoms. The molecule has 0 spiro atoms. The highest BCUT2D eigenvalue weighted by Gasteiger charge is 2.02. The van der Waals surface area contributed by atoms with Gasteiger partial charge in [-0.2, -0.15) is 0 Å². The highest BCUT2D eigenvalue weighted by Crippen LogP contribution is 2.19. The van der Waals surface area contributed by atoms with E-state index in [0.717, 1.165) is 15.6 Å². The molecule has 0 aliphatic rings. The lowest BCUT2D eigenvalue weighted by Gasteiger charge is -1.91. The molecular formula is C10H12N2S. The molecule has 1 aromatic rings. The Hall–Kier alpha value is -1.22. The molecule has 0 aromatic carbocycles. The summed E-state index contributed by atoms with van der Waals surface area (Å²) in [6.07, 6.45) is 7.64. The van der Waals surface area contributed by atoms with Crippen molar-refractivity contribution in [3.63, 3.8) is 0 Å². The van der Waals surface area contributed by atoms with Crippen LogP contribution in [0.1, 0.15) is 16.9 Å². The van der Waals surface area contributed by atoms with E-state index in [1.54, 1.807) is 17.4 Å². The van der Waals surface area contributed by atoms with Crippen LogP contribution in [0.3, 0.4) is 0 Å². The molecule has 0 bridgehead atoms. The number of hydrogen-bond acceptors (Lipinski definition) is 3. The average Bonchev–Trinajstić information content (AvgIpc) is 2.54. The number of hydrogen-bond donors (Lipinski definition) is 0. The smallest absolute Gasteiger partial charge is 0.143 e. The maximum atomic E-state index is 4.05. The third-order valence-corrected chi connectivity index (χ3v) is 2.38. The maximum absolute atomic E-state index is 4.05. The van der Waals surface area contributed by atoms with Crippen molar-refractivity contribution in [3.05, 3.63) is 40.9 Å². The van der Waals surface area contributed by atoms with E-state index in [1.807, 2.05) is 32.1 Å². The van der Waals surface area contributed by atoms with Gasteiger partial charge in [0.2, 0.25) is 0 Å². The predicted molar refractivity (Wildman–Crippen MR) is 57.6 cm³/mol. The van der Waals surface area contributed by atoms with Gasteiger partial charge in [-0.1, -0.05) is 42.2 Å². The first kappa shape index (κ1) is 9.86. The Kier molecular flexibility index (Phi) is 3.58. The van der Waals surface area contributed by atoms with E-state index in [-0.39, 0.29) is 0 Å². The van der Waals surface area contributed by atoms with Crippen LogP contribution < -0.4 is 0 Å². The van der Waals surface area contributed by atoms with Crippen LogP contribution in [0.25, 0.3) is 5.57 Å². The lowest BCUT2D eigenvalue weighted by Crippen LogP contribution is -1.78. The lowest BCUT2D eigenvalue weighted by molar-refractivity contribution is 1.04. The molecule has 0 fully saturated rings. The van der Waals surface area contributed by atoms with E-state index >= 15 is 0 Å². The van der Waals surface area contributed by atoms with Crippen molar-refractivity contribution >= 4 is 16.9 Å². The SMILES string of the molecule is C=C/C=C\C(=C/C)c1nnc(C)s1. The predicted octanol–water partition coefficient (Wildman–Crippen LogP) is 2.99. The van der Waals surface area contributed by atoms with Crippen molar-refractivity contribution in [2.75, 3.05) is 0 Å². The fraction of sp³-hybridized carbons (Fsp3) is 0.200. The number of nitrogens with zero attached hydrogens (tertiary/aromatic N) is 2. The zero-order chi connectivity index (χ0) is 9.68. The van der Waals surface area contributed by atoms with Gasteiger partial charge in [-0.3, -0.25) is 0 Å². The van der Waals surface area contributed by atoms with Gasteiger partial charge >= 0.3 is 0 Å². The molecule has 3 heteroatoms. The van der Waals surface area contributed by atoms with Gasteiger partial charge in [0.1, 0.15) is 10.0 Å². The van der Waals surface area contributed by atoms with Crippen LogP contribution >= 0.6 is 11.3 Å². The van der Waals surface area contributed by atoms with Crippen LogP contribution in [0, 0.1) is 6.92 Å². The van der Waals surface area contributed by atoms with Crippen molar-refractivity contribution in [2.24, 2.45) is 0 Å². The molecule has 1 aromatic heterocycles. The Balaban J connectivity index is 2.91. The Bertz CT molecular complexity index is 348. The van der Waals surface area contributed by atoms with Gasteiger partial charge in [-0.15, -0.1) is 10.2 Å². The number of allylic oxidation sites excluding steroid dienone is 5. The topological polar surface area (TPSA) is 25.8 Å². The van der Waals surface area contributed by atoms with Gasteiger partial charge in [0.25, 0.3) is 0 Å². The Morgan fingerprint density at radius 2 is 2.23 bits per heavy atom. The molecule has 1 rings (SSSR count). The number of aryl methyl sites for hydroxylation is 1. The fourth-order valence-corrected chi connectivity index (χ4v) is 1.62. The van der Waals surface area contributed by atoms with Crippen LogP contribution in [0.5, 0.6) is 0 Å². The molecule has 2 nitrogen and oxygen atoms in total. The van der Waals surface area contributed by atoms with Crippen LogP contribution in [0.15, 0.2) is 30.9 Å². The molecule has 0 amide bonds. The normalized spacial score (nSPS) is 12.3. The van der Waals surface area contributed by atoms with Crippen molar-refractivity contribution in [3.8, 4) is 0 Å². The molecule has 0 aliphatic carbocycles. The third-order valence-electron chi connectivity index (χ3n) is 1.50. The second-order valence-electron chi connectivity index (χ2n) is 2.47. The second kappa shape index (κ2) is 4.72. The van der Waals surface area contributed by atoms with Crippen molar-refractivity contribution in [1.29, 1.82) is 0 Å². The third kappa shape index (κ3) is 2.63. The summed E-state index contributed by atoms with van der Waals surface area (Å²) in [4.78, 5) is 0. The zero-order valence-electron chi connectivity index (χ0n) is 7.82. The van der Waals surface area contributed by atoms with E-state index in [1.165, 1.54) is 0 Å². The molecule has 0 aliphatic heterocycles. The molecule has 0 saturated heterocycles.